The summed E-state index contributed by atoms with van der Waals surface area (Å²) in [6, 6.07) is 1.94. The van der Waals surface area contributed by atoms with Crippen molar-refractivity contribution in [3.8, 4) is 6.07 Å². The molecule has 4 nitrogen and oxygen atoms in total. The maximum absolute atomic E-state index is 11.8. The number of nitriles is 1. The van der Waals surface area contributed by atoms with Crippen LogP contribution in [0.2, 0.25) is 0 Å². The number of aromatic nitrogens is 2. The Morgan fingerprint density at radius 3 is 3.14 bits per heavy atom. The lowest BCUT2D eigenvalue weighted by Gasteiger charge is -2.04. The van der Waals surface area contributed by atoms with Crippen LogP contribution in [0.15, 0.2) is 9.95 Å². The number of hydrogen-bond acceptors (Lipinski definition) is 4. The first-order valence-corrected chi connectivity index (χ1v) is 5.43. The molecule has 2 rings (SSSR count). The minimum atomic E-state index is -0.181. The zero-order valence-electron chi connectivity index (χ0n) is 7.78. The SMILES string of the molecule is CCc1nc2n(c(=O)c1C#N)CCS2. The highest BCUT2D eigenvalue weighted by Crippen LogP contribution is 2.22. The van der Waals surface area contributed by atoms with Crippen molar-refractivity contribution < 1.29 is 0 Å². The molecule has 2 heterocycles. The summed E-state index contributed by atoms with van der Waals surface area (Å²) in [5.74, 6) is 0.875. The van der Waals surface area contributed by atoms with E-state index in [2.05, 4.69) is 4.98 Å². The van der Waals surface area contributed by atoms with Gasteiger partial charge in [0, 0.05) is 12.3 Å². The van der Waals surface area contributed by atoms with Crippen LogP contribution in [-0.4, -0.2) is 15.3 Å². The molecule has 1 aromatic heterocycles. The van der Waals surface area contributed by atoms with Gasteiger partial charge in [-0.05, 0) is 6.42 Å². The fraction of sp³-hybridized carbons (Fsp3) is 0.444. The summed E-state index contributed by atoms with van der Waals surface area (Å²) in [5.41, 5.74) is 0.649. The average Bonchev–Trinajstić information content (AvgIpc) is 2.65. The molecule has 0 fully saturated rings. The van der Waals surface area contributed by atoms with E-state index in [4.69, 9.17) is 5.26 Å². The van der Waals surface area contributed by atoms with Crippen LogP contribution < -0.4 is 5.56 Å². The molecule has 14 heavy (non-hydrogen) atoms. The van der Waals surface area contributed by atoms with E-state index >= 15 is 0 Å². The van der Waals surface area contributed by atoms with E-state index in [0.29, 0.717) is 18.7 Å². The Balaban J connectivity index is 2.74. The van der Waals surface area contributed by atoms with Gasteiger partial charge >= 0.3 is 0 Å². The van der Waals surface area contributed by atoms with E-state index in [1.54, 1.807) is 16.3 Å². The molecule has 0 bridgehead atoms. The third-order valence-corrected chi connectivity index (χ3v) is 3.16. The third kappa shape index (κ3) is 1.23. The number of thioether (sulfide) groups is 1. The van der Waals surface area contributed by atoms with Gasteiger partial charge in [0.2, 0.25) is 0 Å². The molecule has 0 radical (unpaired) electrons. The number of fused-ring (bicyclic) bond motifs is 1. The predicted octanol–water partition coefficient (Wildman–Crippen LogP) is 0.783. The summed E-state index contributed by atoms with van der Waals surface area (Å²) in [5, 5.41) is 9.61. The fourth-order valence-corrected chi connectivity index (χ4v) is 2.44. The molecule has 0 amide bonds. The monoisotopic (exact) mass is 207 g/mol. The molecular formula is C9H9N3OS. The van der Waals surface area contributed by atoms with E-state index in [-0.39, 0.29) is 11.1 Å². The minimum Gasteiger partial charge on any atom is -0.286 e. The lowest BCUT2D eigenvalue weighted by molar-refractivity contribution is 0.641. The smallest absolute Gasteiger partial charge is 0.272 e. The number of nitrogens with zero attached hydrogens (tertiary/aromatic N) is 3. The molecule has 0 saturated heterocycles. The summed E-state index contributed by atoms with van der Waals surface area (Å²) in [4.78, 5) is 16.1. The Kier molecular flexibility index (Phi) is 2.30. The van der Waals surface area contributed by atoms with Crippen LogP contribution in [0.4, 0.5) is 0 Å². The summed E-state index contributed by atoms with van der Waals surface area (Å²) in [6.07, 6.45) is 0.631. The zero-order valence-corrected chi connectivity index (χ0v) is 8.60. The Morgan fingerprint density at radius 1 is 1.71 bits per heavy atom. The van der Waals surface area contributed by atoms with Gasteiger partial charge in [0.15, 0.2) is 5.16 Å². The molecule has 0 spiro atoms. The highest BCUT2D eigenvalue weighted by Gasteiger charge is 2.19. The number of aryl methyl sites for hydroxylation is 1. The van der Waals surface area contributed by atoms with Gasteiger partial charge in [0.1, 0.15) is 11.6 Å². The first-order valence-electron chi connectivity index (χ1n) is 4.44. The minimum absolute atomic E-state index is 0.181. The van der Waals surface area contributed by atoms with Gasteiger partial charge in [0.05, 0.1) is 5.69 Å². The molecule has 0 saturated carbocycles. The molecular weight excluding hydrogens is 198 g/mol. The number of rotatable bonds is 1. The van der Waals surface area contributed by atoms with Gasteiger partial charge in [0.25, 0.3) is 5.56 Å². The van der Waals surface area contributed by atoms with E-state index < -0.39 is 0 Å². The molecule has 1 aromatic rings. The van der Waals surface area contributed by atoms with Gasteiger partial charge in [-0.2, -0.15) is 5.26 Å². The van der Waals surface area contributed by atoms with Crippen LogP contribution in [0.5, 0.6) is 0 Å². The van der Waals surface area contributed by atoms with Gasteiger partial charge < -0.3 is 0 Å². The molecule has 0 N–H and O–H groups in total. The normalized spacial score (nSPS) is 13.7. The van der Waals surface area contributed by atoms with Crippen molar-refractivity contribution in [2.75, 3.05) is 5.75 Å². The Labute approximate surface area is 85.6 Å². The Bertz CT molecular complexity index is 472. The lowest BCUT2D eigenvalue weighted by atomic mass is 10.2. The molecule has 0 unspecified atom stereocenters. The summed E-state index contributed by atoms with van der Waals surface area (Å²) >= 11 is 1.57. The number of hydrogen-bond donors (Lipinski definition) is 0. The first kappa shape index (κ1) is 9.28. The van der Waals surface area contributed by atoms with Crippen LogP contribution in [0.25, 0.3) is 0 Å². The van der Waals surface area contributed by atoms with Gasteiger partial charge in [-0.3, -0.25) is 9.36 Å². The van der Waals surface area contributed by atoms with Crippen molar-refractivity contribution in [3.05, 3.63) is 21.6 Å². The second-order valence-electron chi connectivity index (χ2n) is 2.99. The third-order valence-electron chi connectivity index (χ3n) is 2.20. The maximum atomic E-state index is 11.8. The van der Waals surface area contributed by atoms with Crippen LogP contribution in [-0.2, 0) is 13.0 Å². The summed E-state index contributed by atoms with van der Waals surface area (Å²) in [6.45, 7) is 2.57. The maximum Gasteiger partial charge on any atom is 0.272 e. The van der Waals surface area contributed by atoms with Crippen LogP contribution >= 0.6 is 11.8 Å². The second kappa shape index (κ2) is 3.46. The molecule has 72 valence electrons. The topological polar surface area (TPSA) is 58.7 Å². The molecule has 0 aromatic carbocycles. The van der Waals surface area contributed by atoms with Crippen molar-refractivity contribution in [1.29, 1.82) is 5.26 Å². The molecule has 0 atom stereocenters. The largest absolute Gasteiger partial charge is 0.286 e. The highest BCUT2D eigenvalue weighted by atomic mass is 32.2. The zero-order chi connectivity index (χ0) is 10.1. The van der Waals surface area contributed by atoms with E-state index in [0.717, 1.165) is 10.9 Å². The summed E-state index contributed by atoms with van der Waals surface area (Å²) in [7, 11) is 0. The highest BCUT2D eigenvalue weighted by molar-refractivity contribution is 7.99. The fourth-order valence-electron chi connectivity index (χ4n) is 1.48. The van der Waals surface area contributed by atoms with Gasteiger partial charge in [-0.1, -0.05) is 18.7 Å². The summed E-state index contributed by atoms with van der Waals surface area (Å²) < 4.78 is 1.59. The molecule has 1 aliphatic heterocycles. The van der Waals surface area contributed by atoms with Crippen LogP contribution in [0.3, 0.4) is 0 Å². The van der Waals surface area contributed by atoms with Crippen molar-refractivity contribution >= 4 is 11.8 Å². The lowest BCUT2D eigenvalue weighted by Crippen LogP contribution is -2.24. The van der Waals surface area contributed by atoms with Crippen molar-refractivity contribution in [2.45, 2.75) is 25.0 Å². The Hall–Kier alpha value is -1.28. The first-order chi connectivity index (χ1) is 6.77. The second-order valence-corrected chi connectivity index (χ2v) is 4.05. The van der Waals surface area contributed by atoms with Crippen molar-refractivity contribution in [2.24, 2.45) is 0 Å². The van der Waals surface area contributed by atoms with Crippen molar-refractivity contribution in [3.63, 3.8) is 0 Å². The van der Waals surface area contributed by atoms with E-state index in [1.165, 1.54) is 0 Å². The molecule has 5 heteroatoms. The molecule has 1 aliphatic rings. The molecule has 0 aliphatic carbocycles. The van der Waals surface area contributed by atoms with E-state index in [9.17, 15) is 4.79 Å². The van der Waals surface area contributed by atoms with Gasteiger partial charge in [-0.15, -0.1) is 0 Å². The van der Waals surface area contributed by atoms with E-state index in [1.807, 2.05) is 13.0 Å². The van der Waals surface area contributed by atoms with Gasteiger partial charge in [-0.25, -0.2) is 4.98 Å². The average molecular weight is 207 g/mol. The van der Waals surface area contributed by atoms with Crippen LogP contribution in [0, 0.1) is 11.3 Å². The standard InChI is InChI=1S/C9H9N3OS/c1-2-7-6(5-10)8(13)12-3-4-14-9(12)11-7/h2-4H2,1H3. The van der Waals surface area contributed by atoms with Crippen LogP contribution in [0.1, 0.15) is 18.2 Å². The quantitative estimate of drug-likeness (QED) is 0.639. The van der Waals surface area contributed by atoms with Crippen molar-refractivity contribution in [1.82, 2.24) is 9.55 Å². The Morgan fingerprint density at radius 2 is 2.50 bits per heavy atom. The predicted molar refractivity (Wildman–Crippen MR) is 53.3 cm³/mol.